The number of aromatic nitrogens is 2. The third-order valence-corrected chi connectivity index (χ3v) is 3.85. The number of rotatable bonds is 4. The maximum absolute atomic E-state index is 12.0. The molecule has 1 saturated heterocycles. The van der Waals surface area contributed by atoms with E-state index in [1.165, 1.54) is 6.33 Å². The van der Waals surface area contributed by atoms with Crippen LogP contribution in [0.3, 0.4) is 0 Å². The molecule has 24 heavy (non-hydrogen) atoms. The Bertz CT molecular complexity index is 689. The average molecular weight is 348 g/mol. The van der Waals surface area contributed by atoms with Gasteiger partial charge in [-0.15, -0.1) is 0 Å². The molecule has 126 valence electrons. The summed E-state index contributed by atoms with van der Waals surface area (Å²) in [5, 5.41) is 6.16. The SMILES string of the molecule is O=C(NCc1ccc(Cl)cc1)Nc1cc(N2CCOCC2)ncn1. The van der Waals surface area contributed by atoms with Gasteiger partial charge >= 0.3 is 6.03 Å². The number of morpholine rings is 1. The molecule has 1 aliphatic heterocycles. The predicted octanol–water partition coefficient (Wildman–Crippen LogP) is 2.29. The summed E-state index contributed by atoms with van der Waals surface area (Å²) in [4.78, 5) is 22.4. The number of anilines is 2. The van der Waals surface area contributed by atoms with E-state index in [0.29, 0.717) is 30.6 Å². The third-order valence-electron chi connectivity index (χ3n) is 3.60. The summed E-state index contributed by atoms with van der Waals surface area (Å²) < 4.78 is 5.32. The summed E-state index contributed by atoms with van der Waals surface area (Å²) in [6.45, 7) is 3.31. The smallest absolute Gasteiger partial charge is 0.320 e. The van der Waals surface area contributed by atoms with Gasteiger partial charge in [0.25, 0.3) is 0 Å². The zero-order chi connectivity index (χ0) is 16.8. The Morgan fingerprint density at radius 3 is 2.71 bits per heavy atom. The van der Waals surface area contributed by atoms with Crippen molar-refractivity contribution in [1.82, 2.24) is 15.3 Å². The number of carbonyl (C=O) groups excluding carboxylic acids is 1. The second kappa shape index (κ2) is 7.94. The first-order chi connectivity index (χ1) is 11.7. The van der Waals surface area contributed by atoms with E-state index in [1.54, 1.807) is 18.2 Å². The fourth-order valence-corrected chi connectivity index (χ4v) is 2.45. The number of ether oxygens (including phenoxy) is 1. The molecule has 1 fully saturated rings. The number of amides is 2. The Morgan fingerprint density at radius 1 is 1.21 bits per heavy atom. The minimum atomic E-state index is -0.323. The van der Waals surface area contributed by atoms with Crippen molar-refractivity contribution in [2.45, 2.75) is 6.54 Å². The monoisotopic (exact) mass is 347 g/mol. The third kappa shape index (κ3) is 4.56. The molecule has 0 radical (unpaired) electrons. The standard InChI is InChI=1S/C16H18ClN5O2/c17-13-3-1-12(2-4-13)10-18-16(23)21-14-9-15(20-11-19-14)22-5-7-24-8-6-22/h1-4,9,11H,5-8,10H2,(H2,18,19,20,21,23). The largest absolute Gasteiger partial charge is 0.378 e. The van der Waals surface area contributed by atoms with E-state index in [1.807, 2.05) is 12.1 Å². The first-order valence-corrected chi connectivity index (χ1v) is 8.02. The molecule has 1 aromatic carbocycles. The molecule has 2 aromatic rings. The molecule has 0 unspecified atom stereocenters. The van der Waals surface area contributed by atoms with E-state index in [4.69, 9.17) is 16.3 Å². The van der Waals surface area contributed by atoms with Crippen molar-refractivity contribution < 1.29 is 9.53 Å². The quantitative estimate of drug-likeness (QED) is 0.887. The number of benzene rings is 1. The van der Waals surface area contributed by atoms with Crippen LogP contribution in [-0.2, 0) is 11.3 Å². The topological polar surface area (TPSA) is 79.4 Å². The Morgan fingerprint density at radius 2 is 1.96 bits per heavy atom. The molecular formula is C16H18ClN5O2. The molecule has 8 heteroatoms. The zero-order valence-corrected chi connectivity index (χ0v) is 13.8. The summed E-state index contributed by atoms with van der Waals surface area (Å²) >= 11 is 5.83. The first kappa shape index (κ1) is 16.5. The van der Waals surface area contributed by atoms with Crippen LogP contribution in [-0.4, -0.2) is 42.3 Å². The van der Waals surface area contributed by atoms with Crippen molar-refractivity contribution in [3.05, 3.63) is 47.2 Å². The predicted molar refractivity (Wildman–Crippen MR) is 92.4 cm³/mol. The first-order valence-electron chi connectivity index (χ1n) is 7.65. The van der Waals surface area contributed by atoms with Gasteiger partial charge in [-0.1, -0.05) is 23.7 Å². The van der Waals surface area contributed by atoms with Crippen molar-refractivity contribution in [3.8, 4) is 0 Å². The fourth-order valence-electron chi connectivity index (χ4n) is 2.33. The normalized spacial score (nSPS) is 14.3. The van der Waals surface area contributed by atoms with E-state index in [-0.39, 0.29) is 6.03 Å². The van der Waals surface area contributed by atoms with Crippen LogP contribution < -0.4 is 15.5 Å². The van der Waals surface area contributed by atoms with Crippen LogP contribution in [0.5, 0.6) is 0 Å². The Kier molecular flexibility index (Phi) is 5.45. The second-order valence-electron chi connectivity index (χ2n) is 5.30. The van der Waals surface area contributed by atoms with Gasteiger partial charge in [0.1, 0.15) is 18.0 Å². The van der Waals surface area contributed by atoms with Crippen molar-refractivity contribution in [1.29, 1.82) is 0 Å². The maximum Gasteiger partial charge on any atom is 0.320 e. The van der Waals surface area contributed by atoms with Gasteiger partial charge < -0.3 is 15.0 Å². The fraction of sp³-hybridized carbons (Fsp3) is 0.312. The molecule has 2 heterocycles. The zero-order valence-electron chi connectivity index (χ0n) is 13.0. The van der Waals surface area contributed by atoms with Gasteiger partial charge in [0.15, 0.2) is 0 Å². The van der Waals surface area contributed by atoms with Crippen molar-refractivity contribution in [2.75, 3.05) is 36.5 Å². The average Bonchev–Trinajstić information content (AvgIpc) is 2.62. The molecule has 0 bridgehead atoms. The summed E-state index contributed by atoms with van der Waals surface area (Å²) in [6.07, 6.45) is 1.44. The van der Waals surface area contributed by atoms with Crippen molar-refractivity contribution >= 4 is 29.3 Å². The van der Waals surface area contributed by atoms with E-state index in [9.17, 15) is 4.79 Å². The number of urea groups is 1. The van der Waals surface area contributed by atoms with Gasteiger partial charge in [-0.2, -0.15) is 0 Å². The van der Waals surface area contributed by atoms with E-state index < -0.39 is 0 Å². The summed E-state index contributed by atoms with van der Waals surface area (Å²) in [5.74, 6) is 1.24. The Labute approximate surface area is 145 Å². The molecule has 1 aromatic heterocycles. The number of hydrogen-bond donors (Lipinski definition) is 2. The van der Waals surface area contributed by atoms with Crippen LogP contribution in [0.15, 0.2) is 36.7 Å². The summed E-state index contributed by atoms with van der Waals surface area (Å²) in [7, 11) is 0. The van der Waals surface area contributed by atoms with Crippen LogP contribution in [0.25, 0.3) is 0 Å². The molecule has 7 nitrogen and oxygen atoms in total. The maximum atomic E-state index is 12.0. The number of halogens is 1. The lowest BCUT2D eigenvalue weighted by Gasteiger charge is -2.27. The summed E-state index contributed by atoms with van der Waals surface area (Å²) in [6, 6.07) is 8.74. The molecule has 2 amide bonds. The molecule has 3 rings (SSSR count). The molecule has 1 aliphatic rings. The molecule has 0 atom stereocenters. The highest BCUT2D eigenvalue weighted by molar-refractivity contribution is 6.30. The highest BCUT2D eigenvalue weighted by atomic mass is 35.5. The van der Waals surface area contributed by atoms with Gasteiger partial charge in [0.2, 0.25) is 0 Å². The van der Waals surface area contributed by atoms with E-state index in [2.05, 4.69) is 25.5 Å². The minimum absolute atomic E-state index is 0.323. The molecule has 0 spiro atoms. The van der Waals surface area contributed by atoms with E-state index in [0.717, 1.165) is 24.5 Å². The lowest BCUT2D eigenvalue weighted by atomic mass is 10.2. The van der Waals surface area contributed by atoms with Crippen LogP contribution in [0, 0.1) is 0 Å². The lowest BCUT2D eigenvalue weighted by Crippen LogP contribution is -2.37. The molecule has 0 aliphatic carbocycles. The highest BCUT2D eigenvalue weighted by Crippen LogP contribution is 2.15. The Hall–Kier alpha value is -2.38. The lowest BCUT2D eigenvalue weighted by molar-refractivity contribution is 0.122. The van der Waals surface area contributed by atoms with Crippen LogP contribution in [0.4, 0.5) is 16.4 Å². The summed E-state index contributed by atoms with van der Waals surface area (Å²) in [5.41, 5.74) is 0.964. The van der Waals surface area contributed by atoms with Gasteiger partial charge in [0, 0.05) is 30.7 Å². The molecule has 0 saturated carbocycles. The number of nitrogens with zero attached hydrogens (tertiary/aromatic N) is 3. The van der Waals surface area contributed by atoms with Crippen molar-refractivity contribution in [2.24, 2.45) is 0 Å². The number of nitrogens with one attached hydrogen (secondary N) is 2. The van der Waals surface area contributed by atoms with Gasteiger partial charge in [-0.05, 0) is 17.7 Å². The molecular weight excluding hydrogens is 330 g/mol. The van der Waals surface area contributed by atoms with Gasteiger partial charge in [-0.25, -0.2) is 14.8 Å². The van der Waals surface area contributed by atoms with E-state index >= 15 is 0 Å². The highest BCUT2D eigenvalue weighted by Gasteiger charge is 2.13. The van der Waals surface area contributed by atoms with Crippen molar-refractivity contribution in [3.63, 3.8) is 0 Å². The number of carbonyl (C=O) groups is 1. The van der Waals surface area contributed by atoms with Gasteiger partial charge in [-0.3, -0.25) is 5.32 Å². The van der Waals surface area contributed by atoms with Gasteiger partial charge in [0.05, 0.1) is 13.2 Å². The molecule has 2 N–H and O–H groups in total. The second-order valence-corrected chi connectivity index (χ2v) is 5.73. The van der Waals surface area contributed by atoms with Crippen LogP contribution >= 0.6 is 11.6 Å². The minimum Gasteiger partial charge on any atom is -0.378 e. The van der Waals surface area contributed by atoms with Crippen LogP contribution in [0.2, 0.25) is 5.02 Å². The number of hydrogen-bond acceptors (Lipinski definition) is 5. The Balaban J connectivity index is 1.55. The van der Waals surface area contributed by atoms with Crippen LogP contribution in [0.1, 0.15) is 5.56 Å².